The summed E-state index contributed by atoms with van der Waals surface area (Å²) in [6.45, 7) is 5.59. The van der Waals surface area contributed by atoms with Crippen molar-refractivity contribution < 1.29 is 4.79 Å². The van der Waals surface area contributed by atoms with Crippen LogP contribution in [-0.2, 0) is 0 Å². The van der Waals surface area contributed by atoms with E-state index in [1.807, 2.05) is 13.0 Å². The molecule has 0 unspecified atom stereocenters. The summed E-state index contributed by atoms with van der Waals surface area (Å²) < 4.78 is 0. The van der Waals surface area contributed by atoms with Gasteiger partial charge in [-0.1, -0.05) is 12.5 Å². The fourth-order valence-corrected chi connectivity index (χ4v) is 2.11. The molecule has 0 N–H and O–H groups in total. The van der Waals surface area contributed by atoms with Crippen molar-refractivity contribution in [2.75, 3.05) is 0 Å². The highest BCUT2D eigenvalue weighted by Gasteiger charge is 2.08. The molecule has 15 heavy (non-hydrogen) atoms. The van der Waals surface area contributed by atoms with Crippen molar-refractivity contribution >= 4 is 17.1 Å². The predicted octanol–water partition coefficient (Wildman–Crippen LogP) is 3.77. The van der Waals surface area contributed by atoms with Crippen molar-refractivity contribution in [1.29, 1.82) is 0 Å². The first kappa shape index (κ1) is 12.1. The topological polar surface area (TPSA) is 30.0 Å². The van der Waals surface area contributed by atoms with Crippen LogP contribution in [0.3, 0.4) is 0 Å². The highest BCUT2D eigenvalue weighted by molar-refractivity contribution is 7.13. The van der Waals surface area contributed by atoms with Crippen molar-refractivity contribution in [3.63, 3.8) is 0 Å². The zero-order valence-corrected chi connectivity index (χ0v) is 9.98. The van der Waals surface area contributed by atoms with Crippen LogP contribution in [0.2, 0.25) is 0 Å². The van der Waals surface area contributed by atoms with Crippen LogP contribution in [0.15, 0.2) is 18.9 Å². The van der Waals surface area contributed by atoms with E-state index in [-0.39, 0.29) is 5.78 Å². The van der Waals surface area contributed by atoms with Gasteiger partial charge in [0, 0.05) is 12.6 Å². The van der Waals surface area contributed by atoms with Crippen LogP contribution < -0.4 is 0 Å². The Labute approximate surface area is 95.0 Å². The van der Waals surface area contributed by atoms with E-state index in [1.165, 1.54) is 11.3 Å². The van der Waals surface area contributed by atoms with E-state index in [2.05, 4.69) is 11.6 Å². The van der Waals surface area contributed by atoms with E-state index >= 15 is 0 Å². The standard InChI is InChI=1S/C12H17NOS/c1-3-4-5-6-7-8-11(14)12-9-13-10(2)15-12/h3,9H,1,4-8H2,2H3. The second kappa shape index (κ2) is 6.51. The van der Waals surface area contributed by atoms with Crippen LogP contribution in [-0.4, -0.2) is 10.8 Å². The van der Waals surface area contributed by atoms with Gasteiger partial charge in [0.05, 0.1) is 9.88 Å². The van der Waals surface area contributed by atoms with Gasteiger partial charge in [0.25, 0.3) is 0 Å². The number of aryl methyl sites for hydroxylation is 1. The Morgan fingerprint density at radius 1 is 1.53 bits per heavy atom. The number of ketones is 1. The molecule has 0 aliphatic carbocycles. The SMILES string of the molecule is C=CCCCCCC(=O)c1cnc(C)s1. The van der Waals surface area contributed by atoms with Crippen molar-refractivity contribution in [3.8, 4) is 0 Å². The molecule has 1 heterocycles. The summed E-state index contributed by atoms with van der Waals surface area (Å²) in [4.78, 5) is 16.5. The van der Waals surface area contributed by atoms with Crippen LogP contribution in [0.4, 0.5) is 0 Å². The van der Waals surface area contributed by atoms with Crippen LogP contribution in [0.5, 0.6) is 0 Å². The molecule has 0 spiro atoms. The number of nitrogens with zero attached hydrogens (tertiary/aromatic N) is 1. The molecule has 0 aliphatic rings. The number of carbonyl (C=O) groups excluding carboxylic acids is 1. The van der Waals surface area contributed by atoms with E-state index in [1.54, 1.807) is 6.20 Å². The van der Waals surface area contributed by atoms with Gasteiger partial charge in [-0.15, -0.1) is 17.9 Å². The normalized spacial score (nSPS) is 10.2. The summed E-state index contributed by atoms with van der Waals surface area (Å²) in [5.41, 5.74) is 0. The van der Waals surface area contributed by atoms with Gasteiger partial charge < -0.3 is 0 Å². The van der Waals surface area contributed by atoms with Gasteiger partial charge in [-0.05, 0) is 26.2 Å². The number of thiazole rings is 1. The number of unbranched alkanes of at least 4 members (excludes halogenated alkanes) is 3. The average molecular weight is 223 g/mol. The third kappa shape index (κ3) is 4.38. The van der Waals surface area contributed by atoms with E-state index in [4.69, 9.17) is 0 Å². The summed E-state index contributed by atoms with van der Waals surface area (Å²) in [6, 6.07) is 0. The van der Waals surface area contributed by atoms with Crippen LogP contribution >= 0.6 is 11.3 Å². The van der Waals surface area contributed by atoms with Gasteiger partial charge in [-0.3, -0.25) is 4.79 Å². The highest BCUT2D eigenvalue weighted by Crippen LogP contribution is 2.15. The summed E-state index contributed by atoms with van der Waals surface area (Å²) in [5.74, 6) is 0.235. The van der Waals surface area contributed by atoms with Crippen LogP contribution in [0.1, 0.15) is 46.8 Å². The van der Waals surface area contributed by atoms with Gasteiger partial charge >= 0.3 is 0 Å². The summed E-state index contributed by atoms with van der Waals surface area (Å²) in [6.07, 6.45) is 8.53. The Hall–Kier alpha value is -0.960. The van der Waals surface area contributed by atoms with Gasteiger partial charge in [-0.25, -0.2) is 4.98 Å². The molecule has 0 bridgehead atoms. The Morgan fingerprint density at radius 2 is 2.33 bits per heavy atom. The number of hydrogen-bond acceptors (Lipinski definition) is 3. The third-order valence-electron chi connectivity index (χ3n) is 2.21. The molecule has 0 radical (unpaired) electrons. The van der Waals surface area contributed by atoms with Crippen molar-refractivity contribution in [2.24, 2.45) is 0 Å². The molecular formula is C12H17NOS. The minimum Gasteiger partial charge on any atom is -0.293 e. The maximum absolute atomic E-state index is 11.6. The molecule has 1 aromatic rings. The number of Topliss-reactive ketones (excluding diaryl/α,β-unsaturated/α-hetero) is 1. The number of allylic oxidation sites excluding steroid dienone is 1. The van der Waals surface area contributed by atoms with Crippen molar-refractivity contribution in [1.82, 2.24) is 4.98 Å². The largest absolute Gasteiger partial charge is 0.293 e. The Morgan fingerprint density at radius 3 is 2.93 bits per heavy atom. The predicted molar refractivity (Wildman–Crippen MR) is 64.5 cm³/mol. The van der Waals surface area contributed by atoms with Crippen molar-refractivity contribution in [3.05, 3.63) is 28.7 Å². The number of aromatic nitrogens is 1. The summed E-state index contributed by atoms with van der Waals surface area (Å²) in [7, 11) is 0. The Bertz CT molecular complexity index is 330. The molecule has 0 saturated carbocycles. The molecular weight excluding hydrogens is 206 g/mol. The lowest BCUT2D eigenvalue weighted by Gasteiger charge is -1.97. The molecule has 2 nitrogen and oxygen atoms in total. The second-order valence-electron chi connectivity index (χ2n) is 3.55. The summed E-state index contributed by atoms with van der Waals surface area (Å²) >= 11 is 1.49. The van der Waals surface area contributed by atoms with E-state index in [0.29, 0.717) is 6.42 Å². The molecule has 0 atom stereocenters. The number of rotatable bonds is 7. The zero-order valence-electron chi connectivity index (χ0n) is 9.16. The Kier molecular flexibility index (Phi) is 5.26. The fraction of sp³-hybridized carbons (Fsp3) is 0.500. The first-order valence-corrected chi connectivity index (χ1v) is 6.12. The lowest BCUT2D eigenvalue weighted by Crippen LogP contribution is -1.95. The molecule has 0 amide bonds. The van der Waals surface area contributed by atoms with E-state index < -0.39 is 0 Å². The maximum Gasteiger partial charge on any atom is 0.174 e. The second-order valence-corrected chi connectivity index (χ2v) is 4.79. The van der Waals surface area contributed by atoms with Gasteiger partial charge in [0.2, 0.25) is 0 Å². The minimum atomic E-state index is 0.235. The minimum absolute atomic E-state index is 0.235. The zero-order chi connectivity index (χ0) is 11.1. The quantitative estimate of drug-likeness (QED) is 0.400. The molecule has 0 saturated heterocycles. The monoisotopic (exact) mass is 223 g/mol. The lowest BCUT2D eigenvalue weighted by atomic mass is 10.1. The van der Waals surface area contributed by atoms with Gasteiger partial charge in [-0.2, -0.15) is 0 Å². The highest BCUT2D eigenvalue weighted by atomic mass is 32.1. The van der Waals surface area contributed by atoms with Gasteiger partial charge in [0.15, 0.2) is 5.78 Å². The first-order chi connectivity index (χ1) is 7.24. The summed E-state index contributed by atoms with van der Waals surface area (Å²) in [5, 5.41) is 0.963. The maximum atomic E-state index is 11.6. The lowest BCUT2D eigenvalue weighted by molar-refractivity contribution is 0.0983. The molecule has 3 heteroatoms. The van der Waals surface area contributed by atoms with Crippen LogP contribution in [0, 0.1) is 6.92 Å². The smallest absolute Gasteiger partial charge is 0.174 e. The molecule has 0 aliphatic heterocycles. The molecule has 0 fully saturated rings. The Balaban J connectivity index is 2.22. The molecule has 82 valence electrons. The number of carbonyl (C=O) groups is 1. The third-order valence-corrected chi connectivity index (χ3v) is 3.16. The average Bonchev–Trinajstić information content (AvgIpc) is 2.64. The first-order valence-electron chi connectivity index (χ1n) is 5.30. The van der Waals surface area contributed by atoms with E-state index in [9.17, 15) is 4.79 Å². The fourth-order valence-electron chi connectivity index (χ4n) is 1.36. The van der Waals surface area contributed by atoms with Crippen LogP contribution in [0.25, 0.3) is 0 Å². The van der Waals surface area contributed by atoms with Crippen molar-refractivity contribution in [2.45, 2.75) is 39.0 Å². The molecule has 1 aromatic heterocycles. The number of hydrogen-bond donors (Lipinski definition) is 0. The molecule has 1 rings (SSSR count). The van der Waals surface area contributed by atoms with E-state index in [0.717, 1.165) is 35.6 Å². The van der Waals surface area contributed by atoms with Gasteiger partial charge in [0.1, 0.15) is 0 Å². The molecule has 0 aromatic carbocycles.